The van der Waals surface area contributed by atoms with E-state index in [9.17, 15) is 9.18 Å². The van der Waals surface area contributed by atoms with Crippen molar-refractivity contribution in [3.05, 3.63) is 59.2 Å². The van der Waals surface area contributed by atoms with Gasteiger partial charge in [0.25, 0.3) is 0 Å². The normalized spacial score (nSPS) is 18.4. The third-order valence-electron chi connectivity index (χ3n) is 4.38. The van der Waals surface area contributed by atoms with E-state index in [0.717, 1.165) is 23.2 Å². The molecule has 0 bridgehead atoms. The molecule has 1 atom stereocenters. The second-order valence-electron chi connectivity index (χ2n) is 6.75. The number of hydrogen-bond donors (Lipinski definition) is 0. The number of ketones is 1. The minimum atomic E-state index is -0.225. The van der Waals surface area contributed by atoms with Gasteiger partial charge in [0.2, 0.25) is 0 Å². The Balaban J connectivity index is 2.01. The Morgan fingerprint density at radius 1 is 1.14 bits per heavy atom. The number of nitrogens with zero attached hydrogens (tertiary/aromatic N) is 1. The first kappa shape index (κ1) is 14.1. The molecule has 2 aromatic rings. The van der Waals surface area contributed by atoms with E-state index in [1.807, 2.05) is 24.4 Å². The van der Waals surface area contributed by atoms with Crippen molar-refractivity contribution in [2.24, 2.45) is 5.41 Å². The SMILES string of the molecule is CC(c1ccc(F)cc1)n1ccc2c1CC(C)(C)CC2=O. The lowest BCUT2D eigenvalue weighted by atomic mass is 9.76. The quantitative estimate of drug-likeness (QED) is 0.802. The lowest BCUT2D eigenvalue weighted by Gasteiger charge is -2.31. The fourth-order valence-electron chi connectivity index (χ4n) is 3.23. The summed E-state index contributed by atoms with van der Waals surface area (Å²) in [5.74, 6) is 0.00287. The molecule has 0 saturated heterocycles. The van der Waals surface area contributed by atoms with Gasteiger partial charge in [0.05, 0.1) is 6.04 Å². The van der Waals surface area contributed by atoms with Gasteiger partial charge in [0.15, 0.2) is 5.78 Å². The van der Waals surface area contributed by atoms with Crippen molar-refractivity contribution in [2.75, 3.05) is 0 Å². The standard InChI is InChI=1S/C18H20FNO/c1-12(13-4-6-14(19)7-5-13)20-9-8-15-16(20)10-18(2,3)11-17(15)21/h4-9,12H,10-11H2,1-3H3. The summed E-state index contributed by atoms with van der Waals surface area (Å²) in [5, 5.41) is 0. The molecule has 2 nitrogen and oxygen atoms in total. The fraction of sp³-hybridized carbons (Fsp3) is 0.389. The molecular weight excluding hydrogens is 265 g/mol. The van der Waals surface area contributed by atoms with Crippen molar-refractivity contribution in [3.63, 3.8) is 0 Å². The summed E-state index contributed by atoms with van der Waals surface area (Å²) in [6, 6.07) is 8.60. The van der Waals surface area contributed by atoms with Crippen molar-refractivity contribution in [3.8, 4) is 0 Å². The summed E-state index contributed by atoms with van der Waals surface area (Å²) in [6.07, 6.45) is 3.49. The maximum atomic E-state index is 13.1. The molecule has 0 radical (unpaired) electrons. The van der Waals surface area contributed by atoms with E-state index in [-0.39, 0.29) is 23.1 Å². The number of halogens is 1. The molecule has 1 unspecified atom stereocenters. The first-order valence-corrected chi connectivity index (χ1v) is 7.36. The summed E-state index contributed by atoms with van der Waals surface area (Å²) in [6.45, 7) is 6.35. The van der Waals surface area contributed by atoms with Crippen LogP contribution in [0.15, 0.2) is 36.5 Å². The van der Waals surface area contributed by atoms with Crippen molar-refractivity contribution >= 4 is 5.78 Å². The molecule has 0 aliphatic heterocycles. The highest BCUT2D eigenvalue weighted by Crippen LogP contribution is 2.37. The Kier molecular flexibility index (Phi) is 3.23. The Hall–Kier alpha value is -1.90. The number of Topliss-reactive ketones (excluding diaryl/α,β-unsaturated/α-hetero) is 1. The van der Waals surface area contributed by atoms with Crippen LogP contribution in [0.2, 0.25) is 0 Å². The monoisotopic (exact) mass is 285 g/mol. The van der Waals surface area contributed by atoms with Gasteiger partial charge in [-0.3, -0.25) is 4.79 Å². The molecule has 0 spiro atoms. The number of rotatable bonds is 2. The molecule has 0 N–H and O–H groups in total. The van der Waals surface area contributed by atoms with Crippen LogP contribution in [-0.4, -0.2) is 10.4 Å². The minimum Gasteiger partial charge on any atom is -0.344 e. The zero-order valence-corrected chi connectivity index (χ0v) is 12.7. The third kappa shape index (κ3) is 2.53. The van der Waals surface area contributed by atoms with Gasteiger partial charge in [-0.1, -0.05) is 26.0 Å². The van der Waals surface area contributed by atoms with Crippen molar-refractivity contribution in [2.45, 2.75) is 39.7 Å². The van der Waals surface area contributed by atoms with Crippen LogP contribution >= 0.6 is 0 Å². The van der Waals surface area contributed by atoms with E-state index in [0.29, 0.717) is 6.42 Å². The molecule has 0 saturated carbocycles. The van der Waals surface area contributed by atoms with E-state index >= 15 is 0 Å². The number of carbonyl (C=O) groups excluding carboxylic acids is 1. The Labute approximate surface area is 124 Å². The number of carbonyl (C=O) groups is 1. The van der Waals surface area contributed by atoms with E-state index in [2.05, 4.69) is 25.3 Å². The molecule has 0 amide bonds. The molecule has 1 heterocycles. The maximum Gasteiger partial charge on any atom is 0.165 e. The molecule has 3 rings (SSSR count). The summed E-state index contributed by atoms with van der Waals surface area (Å²) < 4.78 is 15.2. The Morgan fingerprint density at radius 2 is 1.81 bits per heavy atom. The average Bonchev–Trinajstić information content (AvgIpc) is 2.81. The molecule has 1 aromatic carbocycles. The Bertz CT molecular complexity index is 682. The maximum absolute atomic E-state index is 13.1. The van der Waals surface area contributed by atoms with Gasteiger partial charge in [0, 0.05) is 23.9 Å². The highest BCUT2D eigenvalue weighted by Gasteiger charge is 2.33. The topological polar surface area (TPSA) is 22.0 Å². The molecule has 0 fully saturated rings. The zero-order valence-electron chi connectivity index (χ0n) is 12.7. The first-order valence-electron chi connectivity index (χ1n) is 7.36. The van der Waals surface area contributed by atoms with Crippen molar-refractivity contribution in [1.82, 2.24) is 4.57 Å². The lowest BCUT2D eigenvalue weighted by Crippen LogP contribution is -2.28. The number of aromatic nitrogens is 1. The van der Waals surface area contributed by atoms with Gasteiger partial charge in [-0.25, -0.2) is 4.39 Å². The number of hydrogen-bond acceptors (Lipinski definition) is 1. The molecular formula is C18H20FNO. The molecule has 1 aliphatic carbocycles. The highest BCUT2D eigenvalue weighted by atomic mass is 19.1. The summed E-state index contributed by atoms with van der Waals surface area (Å²) in [7, 11) is 0. The predicted octanol–water partition coefficient (Wildman–Crippen LogP) is 4.39. The van der Waals surface area contributed by atoms with Crippen LogP contribution < -0.4 is 0 Å². The Morgan fingerprint density at radius 3 is 2.48 bits per heavy atom. The van der Waals surface area contributed by atoms with Crippen LogP contribution in [0, 0.1) is 11.2 Å². The second-order valence-corrected chi connectivity index (χ2v) is 6.75. The molecule has 1 aliphatic rings. The fourth-order valence-corrected chi connectivity index (χ4v) is 3.23. The number of fused-ring (bicyclic) bond motifs is 1. The summed E-state index contributed by atoms with van der Waals surface area (Å²) in [4.78, 5) is 12.3. The van der Waals surface area contributed by atoms with E-state index < -0.39 is 0 Å². The molecule has 21 heavy (non-hydrogen) atoms. The van der Waals surface area contributed by atoms with Crippen LogP contribution in [0.5, 0.6) is 0 Å². The second kappa shape index (κ2) is 4.83. The van der Waals surface area contributed by atoms with E-state index in [1.165, 1.54) is 12.1 Å². The van der Waals surface area contributed by atoms with Gasteiger partial charge in [-0.15, -0.1) is 0 Å². The van der Waals surface area contributed by atoms with Crippen molar-refractivity contribution < 1.29 is 9.18 Å². The largest absolute Gasteiger partial charge is 0.344 e. The van der Waals surface area contributed by atoms with Gasteiger partial charge in [-0.2, -0.15) is 0 Å². The molecule has 3 heteroatoms. The average molecular weight is 285 g/mol. The smallest absolute Gasteiger partial charge is 0.165 e. The van der Waals surface area contributed by atoms with Crippen LogP contribution in [-0.2, 0) is 6.42 Å². The first-order chi connectivity index (χ1) is 9.87. The van der Waals surface area contributed by atoms with Gasteiger partial charge in [0.1, 0.15) is 5.82 Å². The van der Waals surface area contributed by atoms with Crippen LogP contribution in [0.4, 0.5) is 4.39 Å². The zero-order chi connectivity index (χ0) is 15.2. The predicted molar refractivity (Wildman–Crippen MR) is 81.1 cm³/mol. The molecule has 1 aromatic heterocycles. The highest BCUT2D eigenvalue weighted by molar-refractivity contribution is 5.98. The van der Waals surface area contributed by atoms with E-state index in [4.69, 9.17) is 0 Å². The van der Waals surface area contributed by atoms with Crippen LogP contribution in [0.1, 0.15) is 54.8 Å². The summed E-state index contributed by atoms with van der Waals surface area (Å²) >= 11 is 0. The summed E-state index contributed by atoms with van der Waals surface area (Å²) in [5.41, 5.74) is 3.00. The van der Waals surface area contributed by atoms with Crippen LogP contribution in [0.25, 0.3) is 0 Å². The van der Waals surface area contributed by atoms with Gasteiger partial charge >= 0.3 is 0 Å². The van der Waals surface area contributed by atoms with Crippen LogP contribution in [0.3, 0.4) is 0 Å². The van der Waals surface area contributed by atoms with E-state index in [1.54, 1.807) is 0 Å². The lowest BCUT2D eigenvalue weighted by molar-refractivity contribution is 0.0909. The minimum absolute atomic E-state index is 0.00268. The van der Waals surface area contributed by atoms with Gasteiger partial charge in [-0.05, 0) is 42.5 Å². The number of benzene rings is 1. The molecule has 110 valence electrons. The van der Waals surface area contributed by atoms with Gasteiger partial charge < -0.3 is 4.57 Å². The third-order valence-corrected chi connectivity index (χ3v) is 4.38. The van der Waals surface area contributed by atoms with Crippen molar-refractivity contribution in [1.29, 1.82) is 0 Å².